The molecule has 45 heavy (non-hydrogen) atoms. The Morgan fingerprint density at radius 1 is 0.733 bits per heavy atom. The molecule has 0 bridgehead atoms. The second-order valence-electron chi connectivity index (χ2n) is 13.0. The Morgan fingerprint density at radius 2 is 1.22 bits per heavy atom. The maximum atomic E-state index is 12.8. The van der Waals surface area contributed by atoms with E-state index in [-0.39, 0.29) is 12.5 Å². The Kier molecular flexibility index (Phi) is 26.1. The number of nitrogens with one attached hydrogen (secondary N) is 1. The molecule has 0 spiro atoms. The second kappa shape index (κ2) is 28.0. The van der Waals surface area contributed by atoms with Gasteiger partial charge in [0, 0.05) is 6.42 Å². The molecule has 1 aliphatic heterocycles. The number of carbonyl (C=O) groups is 1. The number of aliphatic hydroxyl groups excluding tert-OH is 5. The van der Waals surface area contributed by atoms with Crippen LogP contribution in [0.3, 0.4) is 0 Å². The van der Waals surface area contributed by atoms with Gasteiger partial charge in [0.1, 0.15) is 24.4 Å². The first-order valence-corrected chi connectivity index (χ1v) is 18.4. The molecule has 2 unspecified atom stereocenters. The van der Waals surface area contributed by atoms with Crippen molar-refractivity contribution in [1.82, 2.24) is 5.32 Å². The lowest BCUT2D eigenvalue weighted by Crippen LogP contribution is -2.60. The largest absolute Gasteiger partial charge is 0.394 e. The number of allylic oxidation sites excluding steroid dienone is 1. The van der Waals surface area contributed by atoms with Crippen molar-refractivity contribution in [3.8, 4) is 0 Å². The zero-order valence-electron chi connectivity index (χ0n) is 28.6. The van der Waals surface area contributed by atoms with Gasteiger partial charge in [0.15, 0.2) is 6.29 Å². The predicted molar refractivity (Wildman–Crippen MR) is 180 cm³/mol. The molecule has 0 aliphatic carbocycles. The van der Waals surface area contributed by atoms with Gasteiger partial charge in [0.25, 0.3) is 0 Å². The van der Waals surface area contributed by atoms with Gasteiger partial charge < -0.3 is 40.3 Å². The highest BCUT2D eigenvalue weighted by atomic mass is 16.7. The fourth-order valence-corrected chi connectivity index (χ4v) is 5.80. The Morgan fingerprint density at radius 3 is 1.73 bits per heavy atom. The third-order valence-corrected chi connectivity index (χ3v) is 8.86. The molecular weight excluding hydrogens is 574 g/mol. The number of hydrogen-bond donors (Lipinski definition) is 6. The zero-order chi connectivity index (χ0) is 33.1. The molecule has 0 aromatic carbocycles. The maximum Gasteiger partial charge on any atom is 0.220 e. The number of carbonyl (C=O) groups excluding carboxylic acids is 1. The van der Waals surface area contributed by atoms with Gasteiger partial charge in [-0.3, -0.25) is 4.79 Å². The number of aliphatic hydroxyl groups is 5. The normalized spacial score (nSPS) is 23.4. The van der Waals surface area contributed by atoms with Crippen LogP contribution >= 0.6 is 0 Å². The molecule has 9 nitrogen and oxygen atoms in total. The molecule has 0 aromatic heterocycles. The highest BCUT2D eigenvalue weighted by Crippen LogP contribution is 2.22. The van der Waals surface area contributed by atoms with Crippen molar-refractivity contribution in [3.63, 3.8) is 0 Å². The highest BCUT2D eigenvalue weighted by molar-refractivity contribution is 5.76. The second-order valence-corrected chi connectivity index (χ2v) is 13.0. The van der Waals surface area contributed by atoms with Gasteiger partial charge in [0.2, 0.25) is 5.91 Å². The number of ether oxygens (including phenoxy) is 2. The number of hydrogen-bond acceptors (Lipinski definition) is 8. The average molecular weight is 644 g/mol. The SMILES string of the molecule is CCCCCCCCCCCCC/C=C/[C@@H](O)[C@H](CO[C@@H]1O[C@H](CO)[C@H](O)C(O)C1O)NC(=O)CCCCCCCCCCC. The Labute approximate surface area is 274 Å². The minimum atomic E-state index is -1.56. The Hall–Kier alpha value is -1.07. The summed E-state index contributed by atoms with van der Waals surface area (Å²) >= 11 is 0. The van der Waals surface area contributed by atoms with Crippen molar-refractivity contribution < 1.29 is 39.8 Å². The smallest absolute Gasteiger partial charge is 0.220 e. The molecule has 0 saturated carbocycles. The number of rotatable bonds is 29. The van der Waals surface area contributed by atoms with Crippen LogP contribution < -0.4 is 5.32 Å². The first-order chi connectivity index (χ1) is 21.8. The maximum absolute atomic E-state index is 12.8. The van der Waals surface area contributed by atoms with Crippen LogP contribution in [0.1, 0.15) is 155 Å². The summed E-state index contributed by atoms with van der Waals surface area (Å²) in [5.41, 5.74) is 0. The Bertz CT molecular complexity index is 721. The first kappa shape index (κ1) is 42.0. The lowest BCUT2D eigenvalue weighted by atomic mass is 9.99. The molecule has 7 atom stereocenters. The molecule has 9 heteroatoms. The number of amides is 1. The van der Waals surface area contributed by atoms with Crippen molar-refractivity contribution >= 4 is 5.91 Å². The highest BCUT2D eigenvalue weighted by Gasteiger charge is 2.44. The molecular formula is C36H69NO8. The molecule has 0 radical (unpaired) electrons. The van der Waals surface area contributed by atoms with E-state index in [1.165, 1.54) is 96.3 Å². The van der Waals surface area contributed by atoms with Crippen molar-refractivity contribution in [3.05, 3.63) is 12.2 Å². The Balaban J connectivity index is 2.49. The summed E-state index contributed by atoms with van der Waals surface area (Å²) in [7, 11) is 0. The summed E-state index contributed by atoms with van der Waals surface area (Å²) in [6, 6.07) is -0.794. The third kappa shape index (κ3) is 20.0. The van der Waals surface area contributed by atoms with Gasteiger partial charge in [-0.05, 0) is 19.3 Å². The molecule has 1 amide bonds. The van der Waals surface area contributed by atoms with E-state index in [9.17, 15) is 30.3 Å². The van der Waals surface area contributed by atoms with Crippen LogP contribution in [0, 0.1) is 0 Å². The fraction of sp³-hybridized carbons (Fsp3) is 0.917. The van der Waals surface area contributed by atoms with Gasteiger partial charge in [-0.15, -0.1) is 0 Å². The van der Waals surface area contributed by atoms with Gasteiger partial charge >= 0.3 is 0 Å². The monoisotopic (exact) mass is 644 g/mol. The van der Waals surface area contributed by atoms with Crippen LogP contribution in [-0.2, 0) is 14.3 Å². The summed E-state index contributed by atoms with van der Waals surface area (Å²) in [6.07, 6.45) is 21.1. The van der Waals surface area contributed by atoms with Gasteiger partial charge in [-0.25, -0.2) is 0 Å². The standard InChI is InChI=1S/C36H69NO8/c1-3-5-7-9-11-13-14-15-16-18-19-21-23-25-30(39)29(28-44-36-35(43)34(42)33(41)31(27-38)45-36)37-32(40)26-24-22-20-17-12-10-8-6-4-2/h23,25,29-31,33-36,38-39,41-43H,3-22,24,26-28H2,1-2H3,(H,37,40)/b25-23+/t29-,30+,31+,33-,34?,35?,36+/m0/s1. The molecule has 6 N–H and O–H groups in total. The van der Waals surface area contributed by atoms with E-state index in [4.69, 9.17) is 9.47 Å². The van der Waals surface area contributed by atoms with Crippen LogP contribution in [0.4, 0.5) is 0 Å². The molecule has 1 aliphatic rings. The lowest BCUT2D eigenvalue weighted by molar-refractivity contribution is -0.302. The van der Waals surface area contributed by atoms with E-state index < -0.39 is 49.5 Å². The van der Waals surface area contributed by atoms with Gasteiger partial charge in [0.05, 0.1) is 25.4 Å². The van der Waals surface area contributed by atoms with Crippen LogP contribution in [0.25, 0.3) is 0 Å². The summed E-state index contributed by atoms with van der Waals surface area (Å²) in [5.74, 6) is -0.182. The molecule has 1 heterocycles. The molecule has 1 saturated heterocycles. The third-order valence-electron chi connectivity index (χ3n) is 8.86. The van der Waals surface area contributed by atoms with Crippen molar-refractivity contribution in [2.75, 3.05) is 13.2 Å². The minimum Gasteiger partial charge on any atom is -0.394 e. The van der Waals surface area contributed by atoms with E-state index in [0.29, 0.717) is 6.42 Å². The van der Waals surface area contributed by atoms with Crippen LogP contribution in [0.2, 0.25) is 0 Å². The topological polar surface area (TPSA) is 149 Å². The number of unbranched alkanes of at least 4 members (excludes halogenated alkanes) is 19. The predicted octanol–water partition coefficient (Wildman–Crippen LogP) is 5.83. The van der Waals surface area contributed by atoms with Gasteiger partial charge in [-0.1, -0.05) is 142 Å². The summed E-state index contributed by atoms with van der Waals surface area (Å²) in [6.45, 7) is 3.71. The van der Waals surface area contributed by atoms with Crippen LogP contribution in [-0.4, -0.2) is 87.5 Å². The van der Waals surface area contributed by atoms with Gasteiger partial charge in [-0.2, -0.15) is 0 Å². The first-order valence-electron chi connectivity index (χ1n) is 18.4. The molecule has 266 valence electrons. The lowest BCUT2D eigenvalue weighted by Gasteiger charge is -2.40. The van der Waals surface area contributed by atoms with Crippen LogP contribution in [0.15, 0.2) is 12.2 Å². The molecule has 0 aromatic rings. The summed E-state index contributed by atoms with van der Waals surface area (Å²) in [4.78, 5) is 12.8. The van der Waals surface area contributed by atoms with Crippen molar-refractivity contribution in [2.24, 2.45) is 0 Å². The average Bonchev–Trinajstić information content (AvgIpc) is 3.04. The van der Waals surface area contributed by atoms with Crippen molar-refractivity contribution in [1.29, 1.82) is 0 Å². The van der Waals surface area contributed by atoms with E-state index in [0.717, 1.165) is 38.5 Å². The quantitative estimate of drug-likeness (QED) is 0.0441. The fourth-order valence-electron chi connectivity index (χ4n) is 5.80. The van der Waals surface area contributed by atoms with Crippen LogP contribution in [0.5, 0.6) is 0 Å². The minimum absolute atomic E-state index is 0.182. The van der Waals surface area contributed by atoms with E-state index in [1.807, 2.05) is 6.08 Å². The van der Waals surface area contributed by atoms with E-state index >= 15 is 0 Å². The van der Waals surface area contributed by atoms with E-state index in [2.05, 4.69) is 19.2 Å². The van der Waals surface area contributed by atoms with E-state index in [1.54, 1.807) is 6.08 Å². The molecule has 1 rings (SSSR count). The zero-order valence-corrected chi connectivity index (χ0v) is 28.6. The molecule has 1 fully saturated rings. The summed E-state index contributed by atoms with van der Waals surface area (Å²) in [5, 5.41) is 53.7. The van der Waals surface area contributed by atoms with Crippen molar-refractivity contribution in [2.45, 2.75) is 198 Å². The summed E-state index contributed by atoms with van der Waals surface area (Å²) < 4.78 is 11.1.